The van der Waals surface area contributed by atoms with Crippen molar-refractivity contribution >= 4 is 23.8 Å². The van der Waals surface area contributed by atoms with Crippen LogP contribution in [0, 0.1) is 5.82 Å². The van der Waals surface area contributed by atoms with Crippen LogP contribution in [0.4, 0.5) is 9.18 Å². The van der Waals surface area contributed by atoms with Gasteiger partial charge in [-0.05, 0) is 26.8 Å². The summed E-state index contributed by atoms with van der Waals surface area (Å²) in [5.41, 5.74) is -0.477. The van der Waals surface area contributed by atoms with E-state index in [4.69, 9.17) is 4.74 Å². The Morgan fingerprint density at radius 1 is 1.36 bits per heavy atom. The minimum atomic E-state index is -1.13. The van der Waals surface area contributed by atoms with Crippen LogP contribution in [-0.4, -0.2) is 39.5 Å². The van der Waals surface area contributed by atoms with E-state index in [0.717, 1.165) is 4.90 Å². The summed E-state index contributed by atoms with van der Waals surface area (Å²) < 4.78 is 19.3. The van der Waals surface area contributed by atoms with Crippen LogP contribution < -0.4 is 0 Å². The molecule has 22 heavy (non-hydrogen) atoms. The largest absolute Gasteiger partial charge is 0.480 e. The summed E-state index contributed by atoms with van der Waals surface area (Å²) in [6.07, 6.45) is -0.752. The first-order valence-electron chi connectivity index (χ1n) is 6.81. The van der Waals surface area contributed by atoms with Gasteiger partial charge in [-0.15, -0.1) is 11.8 Å². The molecule has 1 aromatic carbocycles. The topological polar surface area (TPSA) is 66.8 Å². The first-order valence-corrected chi connectivity index (χ1v) is 7.86. The lowest BCUT2D eigenvalue weighted by atomic mass is 10.1. The molecule has 0 radical (unpaired) electrons. The Morgan fingerprint density at radius 3 is 2.55 bits per heavy atom. The van der Waals surface area contributed by atoms with Crippen LogP contribution in [0.3, 0.4) is 0 Å². The number of carbonyl (C=O) groups excluding carboxylic acids is 1. The number of nitrogens with zero attached hydrogens (tertiary/aromatic N) is 1. The molecule has 2 atom stereocenters. The minimum absolute atomic E-state index is 0.188. The highest BCUT2D eigenvalue weighted by Gasteiger charge is 2.45. The number of amides is 1. The molecule has 0 saturated carbocycles. The van der Waals surface area contributed by atoms with Crippen LogP contribution in [0.15, 0.2) is 24.3 Å². The molecule has 0 bridgehead atoms. The fourth-order valence-electron chi connectivity index (χ4n) is 2.15. The molecule has 5 nitrogen and oxygen atoms in total. The average Bonchev–Trinajstić information content (AvgIpc) is 2.82. The van der Waals surface area contributed by atoms with E-state index in [1.807, 2.05) is 0 Å². The van der Waals surface area contributed by atoms with Gasteiger partial charge in [-0.3, -0.25) is 4.90 Å². The van der Waals surface area contributed by atoms with Crippen LogP contribution >= 0.6 is 11.8 Å². The lowest BCUT2D eigenvalue weighted by Crippen LogP contribution is -2.45. The van der Waals surface area contributed by atoms with E-state index >= 15 is 0 Å². The second kappa shape index (κ2) is 6.16. The second-order valence-electron chi connectivity index (χ2n) is 5.95. The van der Waals surface area contributed by atoms with Gasteiger partial charge in [-0.25, -0.2) is 14.0 Å². The van der Waals surface area contributed by atoms with E-state index in [9.17, 15) is 19.1 Å². The van der Waals surface area contributed by atoms with Gasteiger partial charge in [-0.1, -0.05) is 18.2 Å². The zero-order valence-corrected chi connectivity index (χ0v) is 13.4. The Labute approximate surface area is 132 Å². The number of hydrogen-bond acceptors (Lipinski definition) is 4. The molecule has 0 spiro atoms. The van der Waals surface area contributed by atoms with Crippen molar-refractivity contribution < 1.29 is 23.8 Å². The standard InChI is InChI=1S/C15H18FNO4S/c1-15(2,3)21-14(20)17-11(13(18)19)8-22-12(17)9-6-4-5-7-10(9)16/h4-7,11-12H,8H2,1-3H3,(H,18,19). The first kappa shape index (κ1) is 16.6. The number of hydrogen-bond donors (Lipinski definition) is 1. The maximum absolute atomic E-state index is 14.0. The zero-order valence-electron chi connectivity index (χ0n) is 12.6. The van der Waals surface area contributed by atoms with Gasteiger partial charge >= 0.3 is 12.1 Å². The monoisotopic (exact) mass is 327 g/mol. The molecular weight excluding hydrogens is 309 g/mol. The van der Waals surface area contributed by atoms with E-state index in [-0.39, 0.29) is 11.3 Å². The van der Waals surface area contributed by atoms with Gasteiger partial charge in [-0.2, -0.15) is 0 Å². The van der Waals surface area contributed by atoms with Gasteiger partial charge in [0.05, 0.1) is 0 Å². The SMILES string of the molecule is CC(C)(C)OC(=O)N1C(C(=O)O)CSC1c1ccccc1F. The molecule has 1 saturated heterocycles. The molecule has 1 aliphatic rings. The van der Waals surface area contributed by atoms with E-state index in [0.29, 0.717) is 0 Å². The van der Waals surface area contributed by atoms with Crippen LogP contribution in [0.2, 0.25) is 0 Å². The van der Waals surface area contributed by atoms with Crippen molar-refractivity contribution in [3.8, 4) is 0 Å². The molecule has 2 unspecified atom stereocenters. The average molecular weight is 327 g/mol. The van der Waals surface area contributed by atoms with Gasteiger partial charge in [0.2, 0.25) is 0 Å². The van der Waals surface area contributed by atoms with Crippen molar-refractivity contribution in [3.63, 3.8) is 0 Å². The molecular formula is C15H18FNO4S. The number of thioether (sulfide) groups is 1. The molecule has 1 amide bonds. The summed E-state index contributed by atoms with van der Waals surface area (Å²) >= 11 is 1.21. The van der Waals surface area contributed by atoms with Crippen molar-refractivity contribution in [1.82, 2.24) is 4.90 Å². The van der Waals surface area contributed by atoms with Crippen molar-refractivity contribution in [2.24, 2.45) is 0 Å². The third-order valence-electron chi connectivity index (χ3n) is 3.06. The lowest BCUT2D eigenvalue weighted by molar-refractivity contribution is -0.142. The quantitative estimate of drug-likeness (QED) is 0.903. The van der Waals surface area contributed by atoms with E-state index in [2.05, 4.69) is 0 Å². The van der Waals surface area contributed by atoms with Crippen LogP contribution in [-0.2, 0) is 9.53 Å². The second-order valence-corrected chi connectivity index (χ2v) is 7.06. The molecule has 1 fully saturated rings. The van der Waals surface area contributed by atoms with E-state index < -0.39 is 34.9 Å². The summed E-state index contributed by atoms with van der Waals surface area (Å²) in [6.45, 7) is 5.09. The highest BCUT2D eigenvalue weighted by molar-refractivity contribution is 7.99. The minimum Gasteiger partial charge on any atom is -0.480 e. The molecule has 1 N–H and O–H groups in total. The maximum Gasteiger partial charge on any atom is 0.412 e. The molecule has 0 aliphatic carbocycles. The summed E-state index contributed by atoms with van der Waals surface area (Å²) in [5, 5.41) is 8.60. The van der Waals surface area contributed by atoms with E-state index in [1.165, 1.54) is 17.8 Å². The number of rotatable bonds is 2. The number of carboxylic acids is 1. The third-order valence-corrected chi connectivity index (χ3v) is 4.37. The van der Waals surface area contributed by atoms with Crippen molar-refractivity contribution in [2.75, 3.05) is 5.75 Å². The number of halogens is 1. The molecule has 7 heteroatoms. The number of ether oxygens (including phenoxy) is 1. The van der Waals surface area contributed by atoms with Gasteiger partial charge in [0, 0.05) is 11.3 Å². The summed E-state index contributed by atoms with van der Waals surface area (Å²) in [5.74, 6) is -1.41. The molecule has 0 aromatic heterocycles. The first-order chi connectivity index (χ1) is 10.2. The predicted molar refractivity (Wildman–Crippen MR) is 81.1 cm³/mol. The summed E-state index contributed by atoms with van der Waals surface area (Å²) in [7, 11) is 0. The van der Waals surface area contributed by atoms with Gasteiger partial charge < -0.3 is 9.84 Å². The Hall–Kier alpha value is -1.76. The molecule has 1 heterocycles. The summed E-state index contributed by atoms with van der Waals surface area (Å²) in [6, 6.07) is 5.00. The van der Waals surface area contributed by atoms with Crippen molar-refractivity contribution in [3.05, 3.63) is 35.6 Å². The highest BCUT2D eigenvalue weighted by Crippen LogP contribution is 2.43. The fourth-order valence-corrected chi connectivity index (χ4v) is 3.58. The number of benzene rings is 1. The number of aliphatic carboxylic acids is 1. The fraction of sp³-hybridized carbons (Fsp3) is 0.467. The zero-order chi connectivity index (χ0) is 16.5. The molecule has 2 rings (SSSR count). The van der Waals surface area contributed by atoms with Gasteiger partial charge in [0.1, 0.15) is 22.8 Å². The third kappa shape index (κ3) is 3.52. The number of carbonyl (C=O) groups is 2. The van der Waals surface area contributed by atoms with Gasteiger partial charge in [0.15, 0.2) is 0 Å². The smallest absolute Gasteiger partial charge is 0.412 e. The number of carboxylic acid groups (broad SMARTS) is 1. The molecule has 1 aliphatic heterocycles. The lowest BCUT2D eigenvalue weighted by Gasteiger charge is -2.30. The molecule has 120 valence electrons. The highest BCUT2D eigenvalue weighted by atomic mass is 32.2. The normalized spacial score (nSPS) is 21.7. The van der Waals surface area contributed by atoms with Crippen LogP contribution in [0.1, 0.15) is 31.7 Å². The van der Waals surface area contributed by atoms with E-state index in [1.54, 1.807) is 39.0 Å². The Balaban J connectivity index is 2.35. The van der Waals surface area contributed by atoms with Gasteiger partial charge in [0.25, 0.3) is 0 Å². The Kier molecular flexibility index (Phi) is 4.65. The summed E-state index contributed by atoms with van der Waals surface area (Å²) in [4.78, 5) is 24.9. The van der Waals surface area contributed by atoms with Crippen molar-refractivity contribution in [2.45, 2.75) is 37.8 Å². The Morgan fingerprint density at radius 2 is 2.00 bits per heavy atom. The Bertz CT molecular complexity index is 587. The van der Waals surface area contributed by atoms with Crippen LogP contribution in [0.25, 0.3) is 0 Å². The van der Waals surface area contributed by atoms with Crippen molar-refractivity contribution in [1.29, 1.82) is 0 Å². The molecule has 1 aromatic rings. The maximum atomic E-state index is 14.0. The van der Waals surface area contributed by atoms with Crippen LogP contribution in [0.5, 0.6) is 0 Å². The predicted octanol–water partition coefficient (Wildman–Crippen LogP) is 3.26.